The Kier molecular flexibility index (Phi) is 10.2. The summed E-state index contributed by atoms with van der Waals surface area (Å²) in [5, 5.41) is 14.3. The Morgan fingerprint density at radius 1 is 1.11 bits per heavy atom. The highest BCUT2D eigenvalue weighted by Crippen LogP contribution is 2.21. The van der Waals surface area contributed by atoms with Gasteiger partial charge in [-0.1, -0.05) is 30.3 Å². The lowest BCUT2D eigenvalue weighted by Crippen LogP contribution is -2.54. The smallest absolute Gasteiger partial charge is 0.410 e. The van der Waals surface area contributed by atoms with Gasteiger partial charge in [0.05, 0.1) is 0 Å². The summed E-state index contributed by atoms with van der Waals surface area (Å²) in [5.41, 5.74) is 0.0826. The number of nitrogens with one attached hydrogen (secondary N) is 2. The molecule has 0 bridgehead atoms. The molecule has 1 aliphatic heterocycles. The van der Waals surface area contributed by atoms with Gasteiger partial charge in [0.2, 0.25) is 11.8 Å². The Labute approximate surface area is 210 Å². The maximum absolute atomic E-state index is 12.7. The van der Waals surface area contributed by atoms with Gasteiger partial charge in [-0.2, -0.15) is 0 Å². The van der Waals surface area contributed by atoms with Crippen molar-refractivity contribution >= 4 is 29.8 Å². The summed E-state index contributed by atoms with van der Waals surface area (Å²) in [6.45, 7) is 7.01. The van der Waals surface area contributed by atoms with Crippen molar-refractivity contribution in [2.75, 3.05) is 6.54 Å². The van der Waals surface area contributed by atoms with Crippen molar-refractivity contribution in [1.29, 1.82) is 0 Å². The zero-order valence-electron chi connectivity index (χ0n) is 21.1. The van der Waals surface area contributed by atoms with E-state index in [1.165, 1.54) is 11.8 Å². The van der Waals surface area contributed by atoms with Crippen LogP contribution in [0.2, 0.25) is 0 Å². The molecule has 1 aliphatic rings. The third-order valence-corrected chi connectivity index (χ3v) is 5.43. The monoisotopic (exact) mass is 505 g/mol. The van der Waals surface area contributed by atoms with Gasteiger partial charge in [0.25, 0.3) is 0 Å². The standard InChI is InChI=1S/C25H35N3O8/c1-16(26-22(31)19-11-8-14-28(19)24(34)36-25(2,3)4)21(30)27-18(23(32)33)12-13-20(29)35-15-17-9-6-5-7-10-17/h5-7,9-10,16,18-19H,8,11-15H2,1-4H3,(H,26,31)(H,27,30)(H,32,33)/t16-,18-,19-/m0/s1. The second-order valence-corrected chi connectivity index (χ2v) is 9.65. The van der Waals surface area contributed by atoms with E-state index in [9.17, 15) is 29.1 Å². The summed E-state index contributed by atoms with van der Waals surface area (Å²) in [6.07, 6.45) is 0.0337. The van der Waals surface area contributed by atoms with Crippen molar-refractivity contribution in [2.45, 2.75) is 83.7 Å². The lowest BCUT2D eigenvalue weighted by molar-refractivity contribution is -0.146. The van der Waals surface area contributed by atoms with Crippen LogP contribution in [0.3, 0.4) is 0 Å². The minimum absolute atomic E-state index is 0.0638. The number of nitrogens with zero attached hydrogens (tertiary/aromatic N) is 1. The molecule has 198 valence electrons. The van der Waals surface area contributed by atoms with Crippen molar-refractivity contribution in [2.24, 2.45) is 0 Å². The second kappa shape index (κ2) is 12.9. The molecule has 0 spiro atoms. The molecule has 11 nitrogen and oxygen atoms in total. The Hall–Kier alpha value is -3.63. The summed E-state index contributed by atoms with van der Waals surface area (Å²) in [5.74, 6) is -3.17. The van der Waals surface area contributed by atoms with Crippen molar-refractivity contribution in [3.05, 3.63) is 35.9 Å². The maximum Gasteiger partial charge on any atom is 0.410 e. The lowest BCUT2D eigenvalue weighted by atomic mass is 10.1. The molecule has 1 saturated heterocycles. The van der Waals surface area contributed by atoms with Gasteiger partial charge in [-0.3, -0.25) is 19.3 Å². The Balaban J connectivity index is 1.84. The fourth-order valence-corrected chi connectivity index (χ4v) is 3.58. The summed E-state index contributed by atoms with van der Waals surface area (Å²) < 4.78 is 10.5. The van der Waals surface area contributed by atoms with Crippen molar-refractivity contribution < 1.29 is 38.6 Å². The Bertz CT molecular complexity index is 944. The third kappa shape index (κ3) is 9.20. The van der Waals surface area contributed by atoms with Crippen LogP contribution >= 0.6 is 0 Å². The van der Waals surface area contributed by atoms with Crippen molar-refractivity contribution in [3.63, 3.8) is 0 Å². The molecule has 0 aromatic heterocycles. The first kappa shape index (κ1) is 28.6. The molecule has 0 saturated carbocycles. The van der Waals surface area contributed by atoms with E-state index in [1.807, 2.05) is 6.07 Å². The zero-order valence-corrected chi connectivity index (χ0v) is 21.1. The number of likely N-dealkylation sites (tertiary alicyclic amines) is 1. The number of esters is 1. The molecule has 3 atom stereocenters. The largest absolute Gasteiger partial charge is 0.480 e. The molecule has 0 radical (unpaired) electrons. The molecule has 1 aromatic carbocycles. The average Bonchev–Trinajstić information content (AvgIpc) is 3.30. The number of hydrogen-bond donors (Lipinski definition) is 3. The SMILES string of the molecule is C[C@H](NC(=O)[C@@H]1CCCN1C(=O)OC(C)(C)C)C(=O)N[C@@H](CCC(=O)OCc1ccccc1)C(=O)O. The second-order valence-electron chi connectivity index (χ2n) is 9.65. The summed E-state index contributed by atoms with van der Waals surface area (Å²) >= 11 is 0. The van der Waals surface area contributed by atoms with Crippen LogP contribution in [0.4, 0.5) is 4.79 Å². The van der Waals surface area contributed by atoms with E-state index >= 15 is 0 Å². The van der Waals surface area contributed by atoms with Gasteiger partial charge in [0.15, 0.2) is 0 Å². The molecule has 2 rings (SSSR count). The van der Waals surface area contributed by atoms with E-state index in [4.69, 9.17) is 9.47 Å². The molecular formula is C25H35N3O8. The third-order valence-electron chi connectivity index (χ3n) is 5.43. The van der Waals surface area contributed by atoms with E-state index in [2.05, 4.69) is 10.6 Å². The van der Waals surface area contributed by atoms with E-state index < -0.39 is 53.6 Å². The predicted octanol–water partition coefficient (Wildman–Crippen LogP) is 1.98. The number of benzene rings is 1. The van der Waals surface area contributed by atoms with Crippen LogP contribution in [-0.2, 0) is 35.3 Å². The number of hydrogen-bond acceptors (Lipinski definition) is 7. The minimum atomic E-state index is -1.34. The highest BCUT2D eigenvalue weighted by atomic mass is 16.6. The number of amides is 3. The number of carbonyl (C=O) groups is 5. The number of aliphatic carboxylic acids is 1. The van der Waals surface area contributed by atoms with Crippen LogP contribution < -0.4 is 10.6 Å². The first-order valence-corrected chi connectivity index (χ1v) is 11.9. The molecule has 1 aromatic rings. The number of carbonyl (C=O) groups excluding carboxylic acids is 4. The average molecular weight is 506 g/mol. The molecule has 36 heavy (non-hydrogen) atoms. The first-order valence-electron chi connectivity index (χ1n) is 11.9. The van der Waals surface area contributed by atoms with Gasteiger partial charge in [0.1, 0.15) is 30.3 Å². The molecule has 1 heterocycles. The quantitative estimate of drug-likeness (QED) is 0.408. The highest BCUT2D eigenvalue weighted by Gasteiger charge is 2.37. The summed E-state index contributed by atoms with van der Waals surface area (Å²) in [7, 11) is 0. The molecule has 3 N–H and O–H groups in total. The zero-order chi connectivity index (χ0) is 26.9. The Morgan fingerprint density at radius 2 is 1.78 bits per heavy atom. The Morgan fingerprint density at radius 3 is 2.39 bits per heavy atom. The molecule has 1 fully saturated rings. The van der Waals surface area contributed by atoms with Crippen LogP contribution in [0.25, 0.3) is 0 Å². The van der Waals surface area contributed by atoms with Gasteiger partial charge in [0, 0.05) is 13.0 Å². The van der Waals surface area contributed by atoms with Gasteiger partial charge in [-0.25, -0.2) is 9.59 Å². The summed E-state index contributed by atoms with van der Waals surface area (Å²) in [4.78, 5) is 62.6. The first-order chi connectivity index (χ1) is 16.9. The van der Waals surface area contributed by atoms with Crippen LogP contribution in [-0.4, -0.2) is 70.1 Å². The van der Waals surface area contributed by atoms with Crippen molar-refractivity contribution in [1.82, 2.24) is 15.5 Å². The van der Waals surface area contributed by atoms with Crippen LogP contribution in [0, 0.1) is 0 Å². The lowest BCUT2D eigenvalue weighted by Gasteiger charge is -2.28. The predicted molar refractivity (Wildman–Crippen MR) is 129 cm³/mol. The fourth-order valence-electron chi connectivity index (χ4n) is 3.58. The number of carboxylic acid groups (broad SMARTS) is 1. The number of carboxylic acids is 1. The van der Waals surface area contributed by atoms with E-state index in [1.54, 1.807) is 45.0 Å². The summed E-state index contributed by atoms with van der Waals surface area (Å²) in [6, 6.07) is 5.84. The minimum Gasteiger partial charge on any atom is -0.480 e. The van der Waals surface area contributed by atoms with Crippen LogP contribution in [0.5, 0.6) is 0 Å². The van der Waals surface area contributed by atoms with E-state index in [0.717, 1.165) is 5.56 Å². The maximum atomic E-state index is 12.7. The molecule has 11 heteroatoms. The van der Waals surface area contributed by atoms with Gasteiger partial charge < -0.3 is 25.2 Å². The number of rotatable bonds is 10. The molecule has 3 amide bonds. The molecular weight excluding hydrogens is 470 g/mol. The normalized spacial score (nSPS) is 17.0. The van der Waals surface area contributed by atoms with Crippen molar-refractivity contribution in [3.8, 4) is 0 Å². The highest BCUT2D eigenvalue weighted by molar-refractivity contribution is 5.93. The van der Waals surface area contributed by atoms with Gasteiger partial charge in [-0.15, -0.1) is 0 Å². The molecule has 0 unspecified atom stereocenters. The van der Waals surface area contributed by atoms with Crippen LogP contribution in [0.15, 0.2) is 30.3 Å². The van der Waals surface area contributed by atoms with Gasteiger partial charge in [-0.05, 0) is 52.5 Å². The van der Waals surface area contributed by atoms with E-state index in [-0.39, 0.29) is 19.4 Å². The van der Waals surface area contributed by atoms with Crippen LogP contribution in [0.1, 0.15) is 58.9 Å². The van der Waals surface area contributed by atoms with E-state index in [0.29, 0.717) is 19.4 Å². The fraction of sp³-hybridized carbons (Fsp3) is 0.560. The molecule has 0 aliphatic carbocycles. The van der Waals surface area contributed by atoms with Gasteiger partial charge >= 0.3 is 18.0 Å². The number of ether oxygens (including phenoxy) is 2. The topological polar surface area (TPSA) is 151 Å².